The fourth-order valence-corrected chi connectivity index (χ4v) is 13.7. The van der Waals surface area contributed by atoms with Crippen LogP contribution < -0.4 is 31.8 Å². The molecule has 0 aliphatic carbocycles. The van der Waals surface area contributed by atoms with Crippen molar-refractivity contribution in [2.75, 3.05) is 0 Å². The molecule has 10 aromatic carbocycles. The van der Waals surface area contributed by atoms with Gasteiger partial charge in [0.1, 0.15) is 0 Å². The minimum absolute atomic E-state index is 1.02. The molecule has 0 aliphatic rings. The van der Waals surface area contributed by atoms with Crippen molar-refractivity contribution in [3.8, 4) is 33.4 Å². The van der Waals surface area contributed by atoms with E-state index in [1.54, 1.807) is 0 Å². The third kappa shape index (κ3) is 7.18. The van der Waals surface area contributed by atoms with Gasteiger partial charge in [-0.2, -0.15) is 0 Å². The Morgan fingerprint density at radius 3 is 0.833 bits per heavy atom. The Labute approximate surface area is 356 Å². The first kappa shape index (κ1) is 37.8. The number of fused-ring (bicyclic) bond motifs is 2. The zero-order valence-corrected chi connectivity index (χ0v) is 35.6. The highest BCUT2D eigenvalue weighted by Crippen LogP contribution is 2.49. The maximum atomic E-state index is 2.56. The van der Waals surface area contributed by atoms with E-state index in [4.69, 9.17) is 0 Å². The summed E-state index contributed by atoms with van der Waals surface area (Å²) in [5, 5.41) is 13.1. The third-order valence-electron chi connectivity index (χ3n) is 11.6. The Hall–Kier alpha value is -6.42. The van der Waals surface area contributed by atoms with Crippen molar-refractivity contribution in [3.63, 3.8) is 0 Å². The molecule has 0 radical (unpaired) electrons. The second-order valence-electron chi connectivity index (χ2n) is 15.5. The van der Waals surface area contributed by atoms with Crippen LogP contribution >= 0.6 is 15.8 Å². The van der Waals surface area contributed by atoms with Crippen molar-refractivity contribution < 1.29 is 0 Å². The molecule has 286 valence electrons. The van der Waals surface area contributed by atoms with Crippen LogP contribution in [0.5, 0.6) is 0 Å². The molecule has 2 heteroatoms. The van der Waals surface area contributed by atoms with Gasteiger partial charge in [-0.15, -0.1) is 0 Å². The molecule has 0 saturated carbocycles. The number of hydrogen-bond acceptors (Lipinski definition) is 0. The highest BCUT2D eigenvalue weighted by atomic mass is 31.1. The lowest BCUT2D eigenvalue weighted by Gasteiger charge is -2.30. The standard InChI is InChI=1S/C58H44P2/c1-41-31-35-43(36-32-41)53-39-55(59(45-19-7-3-8-20-45)46-21-9-4-10-22-46)57(51-29-17-15-27-49(51)53)58-52-30-18-16-28-50(52)54(44-37-33-42(2)34-38-44)40-56(58)60(47-23-11-5-12-24-47)48-25-13-6-14-26-48/h3-40H,1-2H3. The molecule has 0 amide bonds. The third-order valence-corrected chi connectivity index (χ3v) is 16.5. The summed E-state index contributed by atoms with van der Waals surface area (Å²) < 4.78 is 0. The Morgan fingerprint density at radius 1 is 0.267 bits per heavy atom. The summed E-state index contributed by atoms with van der Waals surface area (Å²) in [5.74, 6) is 0. The summed E-state index contributed by atoms with van der Waals surface area (Å²) in [5.41, 5.74) is 10.2. The quantitative estimate of drug-likeness (QED) is 0.128. The molecule has 10 rings (SSSR count). The normalized spacial score (nSPS) is 11.5. The van der Waals surface area contributed by atoms with Crippen LogP contribution in [0.4, 0.5) is 0 Å². The van der Waals surface area contributed by atoms with E-state index in [1.165, 1.54) is 97.9 Å². The summed E-state index contributed by atoms with van der Waals surface area (Å²) in [6, 6.07) is 86.6. The smallest absolute Gasteiger partial charge is 0.000839 e. The Kier molecular flexibility index (Phi) is 10.5. The summed E-state index contributed by atoms with van der Waals surface area (Å²) >= 11 is 0. The van der Waals surface area contributed by atoms with Crippen molar-refractivity contribution >= 4 is 69.2 Å². The van der Waals surface area contributed by atoms with Crippen LogP contribution in [0.3, 0.4) is 0 Å². The molecule has 0 nitrogen and oxygen atoms in total. The van der Waals surface area contributed by atoms with E-state index >= 15 is 0 Å². The molecule has 0 spiro atoms. The number of hydrogen-bond donors (Lipinski definition) is 0. The van der Waals surface area contributed by atoms with E-state index in [2.05, 4.69) is 244 Å². The van der Waals surface area contributed by atoms with E-state index in [0.717, 1.165) is 0 Å². The Morgan fingerprint density at radius 2 is 0.533 bits per heavy atom. The number of benzene rings is 10. The van der Waals surface area contributed by atoms with Gasteiger partial charge in [0.05, 0.1) is 0 Å². The molecule has 0 heterocycles. The van der Waals surface area contributed by atoms with Crippen molar-refractivity contribution in [1.82, 2.24) is 0 Å². The predicted molar refractivity (Wildman–Crippen MR) is 265 cm³/mol. The average Bonchev–Trinajstić information content (AvgIpc) is 3.31. The van der Waals surface area contributed by atoms with Gasteiger partial charge in [-0.1, -0.05) is 230 Å². The van der Waals surface area contributed by atoms with Crippen LogP contribution in [0.2, 0.25) is 0 Å². The molecule has 0 unspecified atom stereocenters. The van der Waals surface area contributed by atoms with E-state index in [1.807, 2.05) is 0 Å². The first-order valence-corrected chi connectivity index (χ1v) is 23.4. The maximum absolute atomic E-state index is 2.56. The predicted octanol–water partition coefficient (Wildman–Crippen LogP) is 13.1. The van der Waals surface area contributed by atoms with Crippen LogP contribution in [0.1, 0.15) is 11.1 Å². The lowest BCUT2D eigenvalue weighted by molar-refractivity contribution is 1.47. The van der Waals surface area contributed by atoms with Gasteiger partial charge < -0.3 is 0 Å². The second-order valence-corrected chi connectivity index (χ2v) is 19.8. The maximum Gasteiger partial charge on any atom is -0.000839 e. The van der Waals surface area contributed by atoms with Crippen LogP contribution in [0.15, 0.2) is 231 Å². The molecule has 10 aromatic rings. The number of rotatable bonds is 9. The second kappa shape index (κ2) is 16.7. The SMILES string of the molecule is Cc1ccc(-c2cc(P(c3ccccc3)c3ccccc3)c(-c3c(P(c4ccccc4)c4ccccc4)cc(-c4ccc(C)cc4)c4ccccc34)c3ccccc23)cc1. The van der Waals surface area contributed by atoms with Crippen LogP contribution in [0, 0.1) is 13.8 Å². The summed E-state index contributed by atoms with van der Waals surface area (Å²) in [4.78, 5) is 0. The molecule has 0 bridgehead atoms. The zero-order chi connectivity index (χ0) is 40.4. The van der Waals surface area contributed by atoms with Gasteiger partial charge in [-0.25, -0.2) is 0 Å². The molecule has 0 N–H and O–H groups in total. The molecule has 0 aliphatic heterocycles. The Bertz CT molecular complexity index is 2770. The van der Waals surface area contributed by atoms with Gasteiger partial charge >= 0.3 is 0 Å². The summed E-state index contributed by atoms with van der Waals surface area (Å²) in [6.07, 6.45) is 0. The van der Waals surface area contributed by atoms with Gasteiger partial charge in [0.15, 0.2) is 0 Å². The van der Waals surface area contributed by atoms with Gasteiger partial charge in [-0.3, -0.25) is 0 Å². The monoisotopic (exact) mass is 802 g/mol. The topological polar surface area (TPSA) is 0 Å². The highest BCUT2D eigenvalue weighted by molar-refractivity contribution is 7.81. The fraction of sp³-hybridized carbons (Fsp3) is 0.0345. The fourth-order valence-electron chi connectivity index (χ4n) is 8.71. The van der Waals surface area contributed by atoms with Crippen LogP contribution in [-0.2, 0) is 0 Å². The largest absolute Gasteiger partial charge is 0.0622 e. The molecular weight excluding hydrogens is 759 g/mol. The molecule has 0 fully saturated rings. The minimum Gasteiger partial charge on any atom is -0.0622 e. The molecule has 60 heavy (non-hydrogen) atoms. The molecule has 0 atom stereocenters. The van der Waals surface area contributed by atoms with Gasteiger partial charge in [0.2, 0.25) is 0 Å². The minimum atomic E-state index is -1.02. The van der Waals surface area contributed by atoms with Crippen molar-refractivity contribution in [3.05, 3.63) is 242 Å². The van der Waals surface area contributed by atoms with Gasteiger partial charge in [-0.05, 0) is 129 Å². The molecule has 0 saturated heterocycles. The summed E-state index contributed by atoms with van der Waals surface area (Å²) in [7, 11) is -2.04. The molecule has 0 aromatic heterocycles. The average molecular weight is 803 g/mol. The van der Waals surface area contributed by atoms with E-state index in [9.17, 15) is 0 Å². The van der Waals surface area contributed by atoms with E-state index < -0.39 is 15.8 Å². The van der Waals surface area contributed by atoms with Crippen molar-refractivity contribution in [2.24, 2.45) is 0 Å². The first-order valence-electron chi connectivity index (χ1n) is 20.7. The van der Waals surface area contributed by atoms with Crippen molar-refractivity contribution in [2.45, 2.75) is 13.8 Å². The first-order chi connectivity index (χ1) is 29.6. The van der Waals surface area contributed by atoms with Gasteiger partial charge in [0.25, 0.3) is 0 Å². The lowest BCUT2D eigenvalue weighted by atomic mass is 9.87. The lowest BCUT2D eigenvalue weighted by Crippen LogP contribution is -2.26. The van der Waals surface area contributed by atoms with Crippen molar-refractivity contribution in [1.29, 1.82) is 0 Å². The van der Waals surface area contributed by atoms with Crippen LogP contribution in [0.25, 0.3) is 54.9 Å². The highest BCUT2D eigenvalue weighted by Gasteiger charge is 2.30. The van der Waals surface area contributed by atoms with E-state index in [0.29, 0.717) is 0 Å². The molecular formula is C58H44P2. The van der Waals surface area contributed by atoms with Crippen LogP contribution in [-0.4, -0.2) is 0 Å². The summed E-state index contributed by atoms with van der Waals surface area (Å²) in [6.45, 7) is 4.34. The zero-order valence-electron chi connectivity index (χ0n) is 33.8. The van der Waals surface area contributed by atoms with E-state index in [-0.39, 0.29) is 0 Å². The number of aryl methyl sites for hydroxylation is 2. The van der Waals surface area contributed by atoms with Gasteiger partial charge in [0, 0.05) is 0 Å². The Balaban J connectivity index is 1.43.